The van der Waals surface area contributed by atoms with Crippen LogP contribution in [-0.2, 0) is 4.12 Å². The first-order valence-corrected chi connectivity index (χ1v) is 28.5. The first-order chi connectivity index (χ1) is 35.2. The van der Waals surface area contributed by atoms with Crippen LogP contribution in [0, 0.1) is 0 Å². The number of benzene rings is 8. The molecule has 8 aromatic carbocycles. The molecule has 0 bridgehead atoms. The molecule has 0 radical (unpaired) electrons. The third kappa shape index (κ3) is 12.5. The number of carbonyl (C=O) groups is 4. The van der Waals surface area contributed by atoms with Gasteiger partial charge in [-0.25, -0.2) is 0 Å². The molecule has 10 nitrogen and oxygen atoms in total. The van der Waals surface area contributed by atoms with Gasteiger partial charge in [0, 0.05) is 40.2 Å². The number of hydrogen-bond donors (Lipinski definition) is 4. The van der Waals surface area contributed by atoms with Gasteiger partial charge in [-0.05, 0) is 151 Å². The Bertz CT molecular complexity index is 2960. The minimum Gasteiger partial charge on any atom is -0.457 e. The molecule has 0 heterocycles. The molecule has 0 fully saturated rings. The lowest BCUT2D eigenvalue weighted by molar-refractivity contribution is 0.0950. The summed E-state index contributed by atoms with van der Waals surface area (Å²) in [6.07, 6.45) is 1.63. The van der Waals surface area contributed by atoms with Crippen molar-refractivity contribution in [3.8, 4) is 11.5 Å². The predicted molar refractivity (Wildman–Crippen MR) is 294 cm³/mol. The number of nitrogens with one attached hydrogen (secondary N) is 4. The largest absolute Gasteiger partial charge is 0.457 e. The van der Waals surface area contributed by atoms with E-state index < -0.39 is 16.6 Å². The van der Waals surface area contributed by atoms with E-state index in [2.05, 4.69) is 143 Å². The molecule has 8 aromatic rings. The molecule has 0 aliphatic heterocycles. The first kappa shape index (κ1) is 50.4. The second kappa shape index (κ2) is 24.2. The van der Waals surface area contributed by atoms with Gasteiger partial charge in [0.05, 0.1) is 0 Å². The molecule has 0 unspecified atom stereocenters. The van der Waals surface area contributed by atoms with Gasteiger partial charge >= 0.3 is 0 Å². The Morgan fingerprint density at radius 3 is 1.08 bits per heavy atom. The van der Waals surface area contributed by atoms with Gasteiger partial charge in [0.25, 0.3) is 17.7 Å². The van der Waals surface area contributed by atoms with Crippen LogP contribution >= 0.6 is 0 Å². The quantitative estimate of drug-likeness (QED) is 0.0302. The smallest absolute Gasteiger partial charge is 0.255 e. The second-order valence-corrected chi connectivity index (χ2v) is 25.0. The number of amides is 3. The summed E-state index contributed by atoms with van der Waals surface area (Å²) in [4.78, 5) is 51.2. The predicted octanol–water partition coefficient (Wildman–Crippen LogP) is 9.45. The van der Waals surface area contributed by atoms with Crippen molar-refractivity contribution in [3.63, 3.8) is 0 Å². The summed E-state index contributed by atoms with van der Waals surface area (Å²) < 4.78 is 14.2. The molecule has 0 saturated carbocycles. The van der Waals surface area contributed by atoms with Crippen molar-refractivity contribution in [2.75, 3.05) is 30.8 Å². The third-order valence-electron chi connectivity index (χ3n) is 12.7. The van der Waals surface area contributed by atoms with Crippen molar-refractivity contribution < 1.29 is 28.0 Å². The van der Waals surface area contributed by atoms with E-state index in [0.29, 0.717) is 58.1 Å². The lowest BCUT2D eigenvalue weighted by Gasteiger charge is -2.44. The molecule has 362 valence electrons. The van der Waals surface area contributed by atoms with E-state index in [1.807, 2.05) is 7.05 Å². The topological polar surface area (TPSA) is 135 Å². The molecule has 12 heteroatoms. The van der Waals surface area contributed by atoms with Crippen LogP contribution in [0.1, 0.15) is 61.2 Å². The van der Waals surface area contributed by atoms with E-state index in [0.717, 1.165) is 25.1 Å². The van der Waals surface area contributed by atoms with Crippen LogP contribution in [0.2, 0.25) is 12.1 Å². The standard InChI is InChI=1S/C60H58N4O6Si2/c1-45(65)46-25-27-48(28-26-46)59(67)63-50-33-37-52(38-34-50)69-53-39-35-51(36-40-53)64-60(68)49-31-29-47(30-32-49)58(66)62-42-16-44-72(56-21-11-5-12-22-56,57-23-13-6-14-24-57)70-71(43-15-41-61-2,54-17-7-3-8-18-54)55-19-9-4-10-20-55/h3-14,17-40,61H,15-16,41-44H2,1-2H3,(H,62,66)(H,63,67)(H,64,68). The fraction of sp³-hybridized carbons (Fsp3) is 0.133. The Morgan fingerprint density at radius 1 is 0.403 bits per heavy atom. The molecule has 0 aromatic heterocycles. The third-order valence-corrected chi connectivity index (χ3v) is 22.6. The summed E-state index contributed by atoms with van der Waals surface area (Å²) in [5.74, 6) is 0.228. The molecule has 4 N–H and O–H groups in total. The fourth-order valence-electron chi connectivity index (χ4n) is 8.92. The average molecular weight is 987 g/mol. The normalized spacial score (nSPS) is 11.3. The number of Topliss-reactive ketones (excluding diaryl/α,β-unsaturated/α-hetero) is 1. The fourth-order valence-corrected chi connectivity index (χ4v) is 20.1. The Labute approximate surface area is 423 Å². The highest BCUT2D eigenvalue weighted by Gasteiger charge is 2.49. The lowest BCUT2D eigenvalue weighted by atomic mass is 10.1. The SMILES string of the molecule is CNCCC[Si](O[Si](CCCNC(=O)c1ccc(C(=O)Nc2ccc(Oc3ccc(NC(=O)c4ccc(C(C)=O)cc4)cc3)cc2)cc1)(c1ccccc1)c1ccccc1)(c1ccccc1)c1ccccc1. The van der Waals surface area contributed by atoms with Gasteiger partial charge in [-0.3, -0.25) is 19.2 Å². The molecule has 0 aliphatic carbocycles. The van der Waals surface area contributed by atoms with Crippen LogP contribution < -0.4 is 46.8 Å². The van der Waals surface area contributed by atoms with E-state index in [-0.39, 0.29) is 23.5 Å². The highest BCUT2D eigenvalue weighted by molar-refractivity contribution is 7.09. The molecular weight excluding hydrogens is 929 g/mol. The maximum Gasteiger partial charge on any atom is 0.255 e. The number of anilines is 2. The maximum absolute atomic E-state index is 13.7. The Kier molecular flexibility index (Phi) is 16.9. The maximum atomic E-state index is 13.7. The summed E-state index contributed by atoms with van der Waals surface area (Å²) in [7, 11) is -3.95. The van der Waals surface area contributed by atoms with E-state index in [9.17, 15) is 19.2 Å². The number of carbonyl (C=O) groups excluding carboxylic acids is 4. The van der Waals surface area contributed by atoms with Crippen LogP contribution in [0.25, 0.3) is 0 Å². The first-order valence-electron chi connectivity index (χ1n) is 24.2. The molecule has 3 amide bonds. The average Bonchev–Trinajstić information content (AvgIpc) is 3.43. The van der Waals surface area contributed by atoms with Crippen LogP contribution in [0.3, 0.4) is 0 Å². The van der Waals surface area contributed by atoms with Gasteiger partial charge in [0.1, 0.15) is 11.5 Å². The number of rotatable bonds is 22. The van der Waals surface area contributed by atoms with Gasteiger partial charge in [-0.2, -0.15) is 0 Å². The molecule has 8 rings (SSSR count). The summed E-state index contributed by atoms with van der Waals surface area (Å²) in [5, 5.41) is 17.2. The highest BCUT2D eigenvalue weighted by Crippen LogP contribution is 2.27. The number of ketones is 1. The Morgan fingerprint density at radius 2 is 0.736 bits per heavy atom. The van der Waals surface area contributed by atoms with E-state index >= 15 is 0 Å². The molecular formula is C60H58N4O6Si2. The zero-order chi connectivity index (χ0) is 50.2. The molecule has 0 atom stereocenters. The van der Waals surface area contributed by atoms with Crippen molar-refractivity contribution in [1.29, 1.82) is 0 Å². The number of hydrogen-bond acceptors (Lipinski definition) is 7. The van der Waals surface area contributed by atoms with Gasteiger partial charge in [0.2, 0.25) is 16.6 Å². The van der Waals surface area contributed by atoms with Crippen LogP contribution in [0.4, 0.5) is 11.4 Å². The highest BCUT2D eigenvalue weighted by atomic mass is 28.4. The van der Waals surface area contributed by atoms with Crippen molar-refractivity contribution >= 4 is 72.3 Å². The Balaban J connectivity index is 0.899. The van der Waals surface area contributed by atoms with Crippen molar-refractivity contribution in [2.45, 2.75) is 31.9 Å². The van der Waals surface area contributed by atoms with Crippen LogP contribution in [-0.4, -0.2) is 60.3 Å². The van der Waals surface area contributed by atoms with E-state index in [1.54, 1.807) is 97.1 Å². The monoisotopic (exact) mass is 986 g/mol. The Hall–Kier alpha value is -8.01. The molecule has 0 aliphatic rings. The van der Waals surface area contributed by atoms with Crippen LogP contribution in [0.5, 0.6) is 11.5 Å². The van der Waals surface area contributed by atoms with Gasteiger partial charge in [-0.15, -0.1) is 0 Å². The minimum absolute atomic E-state index is 0.0634. The van der Waals surface area contributed by atoms with E-state index in [1.165, 1.54) is 27.7 Å². The molecule has 72 heavy (non-hydrogen) atoms. The summed E-state index contributed by atoms with van der Waals surface area (Å²) in [6, 6.07) is 71.7. The summed E-state index contributed by atoms with van der Waals surface area (Å²) >= 11 is 0. The zero-order valence-electron chi connectivity index (χ0n) is 40.5. The molecule has 0 spiro atoms. The van der Waals surface area contributed by atoms with Crippen LogP contribution in [0.15, 0.2) is 218 Å². The second-order valence-electron chi connectivity index (χ2n) is 17.6. The van der Waals surface area contributed by atoms with Crippen molar-refractivity contribution in [3.05, 3.63) is 241 Å². The van der Waals surface area contributed by atoms with Gasteiger partial charge in [-0.1, -0.05) is 133 Å². The lowest BCUT2D eigenvalue weighted by Crippen LogP contribution is -2.73. The summed E-state index contributed by atoms with van der Waals surface area (Å²) in [6.45, 7) is 2.79. The molecule has 0 saturated heterocycles. The van der Waals surface area contributed by atoms with Crippen molar-refractivity contribution in [1.82, 2.24) is 10.6 Å². The zero-order valence-corrected chi connectivity index (χ0v) is 42.5. The number of ether oxygens (including phenoxy) is 1. The van der Waals surface area contributed by atoms with Gasteiger partial charge in [0.15, 0.2) is 5.78 Å². The minimum atomic E-state index is -3.03. The summed E-state index contributed by atoms with van der Waals surface area (Å²) in [5.41, 5.74) is 3.01. The van der Waals surface area contributed by atoms with Crippen molar-refractivity contribution in [2.24, 2.45) is 0 Å². The van der Waals surface area contributed by atoms with Gasteiger partial charge < -0.3 is 30.1 Å². The van der Waals surface area contributed by atoms with E-state index in [4.69, 9.17) is 8.85 Å².